The lowest BCUT2D eigenvalue weighted by Crippen LogP contribution is -2.11. The highest BCUT2D eigenvalue weighted by Gasteiger charge is 2.27. The van der Waals surface area contributed by atoms with Gasteiger partial charge in [-0.25, -0.2) is 0 Å². The molecule has 21 rings (SSSR count). The molecule has 0 aliphatic rings. The number of anilines is 6. The van der Waals surface area contributed by atoms with Crippen molar-refractivity contribution in [1.29, 1.82) is 0 Å². The second-order valence-corrected chi connectivity index (χ2v) is 27.0. The van der Waals surface area contributed by atoms with Gasteiger partial charge in [-0.2, -0.15) is 0 Å². The fraction of sp³-hybridized carbons (Fsp3) is 0. The van der Waals surface area contributed by atoms with Crippen molar-refractivity contribution in [3.63, 3.8) is 0 Å². The van der Waals surface area contributed by atoms with Crippen molar-refractivity contribution >= 4 is 143 Å². The zero-order valence-electron chi connectivity index (χ0n) is 56.2. The summed E-state index contributed by atoms with van der Waals surface area (Å²) in [5.74, 6) is 0. The van der Waals surface area contributed by atoms with Crippen molar-refractivity contribution in [2.45, 2.75) is 0 Å². The maximum Gasteiger partial charge on any atom is 0.137 e. The highest BCUT2D eigenvalue weighted by Crippen LogP contribution is 2.51. The molecule has 0 saturated carbocycles. The first kappa shape index (κ1) is 59.0. The van der Waals surface area contributed by atoms with E-state index >= 15 is 0 Å². The van der Waals surface area contributed by atoms with Gasteiger partial charge in [0, 0.05) is 54.8 Å². The van der Waals surface area contributed by atoms with E-state index in [1.54, 1.807) is 0 Å². The third-order valence-electron chi connectivity index (χ3n) is 21.1. The van der Waals surface area contributed by atoms with E-state index in [-0.39, 0.29) is 0 Å². The molecule has 0 radical (unpaired) electrons. The molecule has 0 N–H and O–H groups in total. The van der Waals surface area contributed by atoms with Gasteiger partial charge in [0.05, 0.1) is 33.5 Å². The summed E-state index contributed by atoms with van der Waals surface area (Å²) in [6.07, 6.45) is 0. The van der Waals surface area contributed by atoms with Crippen LogP contribution in [-0.4, -0.2) is 0 Å². The van der Waals surface area contributed by atoms with Gasteiger partial charge in [-0.3, -0.25) is 0 Å². The van der Waals surface area contributed by atoms with Crippen LogP contribution in [-0.2, 0) is 0 Å². The molecule has 486 valence electrons. The second-order valence-electron chi connectivity index (χ2n) is 27.0. The summed E-state index contributed by atoms with van der Waals surface area (Å²) in [6, 6.07) is 130. The number of furan rings is 4. The van der Waals surface area contributed by atoms with Crippen LogP contribution in [0.15, 0.2) is 382 Å². The third kappa shape index (κ3) is 9.72. The molecular formula is C98H60N2O4. The molecule has 0 unspecified atom stereocenters. The smallest absolute Gasteiger partial charge is 0.137 e. The molecular weight excluding hydrogens is 1270 g/mol. The van der Waals surface area contributed by atoms with Crippen molar-refractivity contribution in [3.8, 4) is 66.8 Å². The van der Waals surface area contributed by atoms with E-state index in [2.05, 4.69) is 343 Å². The first-order chi connectivity index (χ1) is 51.5. The Morgan fingerprint density at radius 1 is 0.163 bits per heavy atom. The van der Waals surface area contributed by atoms with Crippen molar-refractivity contribution in [1.82, 2.24) is 0 Å². The number of nitrogens with zero attached hydrogens (tertiary/aromatic N) is 2. The summed E-state index contributed by atoms with van der Waals surface area (Å²) in [5.41, 5.74) is 26.4. The summed E-state index contributed by atoms with van der Waals surface area (Å²) in [5, 5.41) is 13.3. The van der Waals surface area contributed by atoms with E-state index in [1.807, 2.05) is 30.3 Å². The predicted molar refractivity (Wildman–Crippen MR) is 433 cm³/mol. The zero-order valence-corrected chi connectivity index (χ0v) is 56.2. The summed E-state index contributed by atoms with van der Waals surface area (Å²) in [4.78, 5) is 4.79. The molecule has 17 aromatic carbocycles. The molecule has 104 heavy (non-hydrogen) atoms. The van der Waals surface area contributed by atoms with Crippen LogP contribution in [0, 0.1) is 0 Å². The molecule has 6 nitrogen and oxygen atoms in total. The van der Waals surface area contributed by atoms with Gasteiger partial charge in [0.15, 0.2) is 0 Å². The minimum Gasteiger partial charge on any atom is -0.456 e. The van der Waals surface area contributed by atoms with E-state index in [4.69, 9.17) is 17.7 Å². The van der Waals surface area contributed by atoms with Gasteiger partial charge in [-0.1, -0.05) is 243 Å². The minimum atomic E-state index is 0.830. The minimum absolute atomic E-state index is 0.830. The van der Waals surface area contributed by atoms with Gasteiger partial charge in [0.1, 0.15) is 44.7 Å². The van der Waals surface area contributed by atoms with Gasteiger partial charge in [0.2, 0.25) is 0 Å². The van der Waals surface area contributed by atoms with E-state index in [9.17, 15) is 0 Å². The van der Waals surface area contributed by atoms with Crippen LogP contribution in [0.1, 0.15) is 0 Å². The van der Waals surface area contributed by atoms with Crippen LogP contribution >= 0.6 is 0 Å². The van der Waals surface area contributed by atoms with E-state index in [0.717, 1.165) is 188 Å². The normalized spacial score (nSPS) is 11.8. The third-order valence-corrected chi connectivity index (χ3v) is 21.1. The molecule has 21 aromatic rings. The lowest BCUT2D eigenvalue weighted by molar-refractivity contribution is 0.668. The van der Waals surface area contributed by atoms with Gasteiger partial charge in [-0.05, 0) is 199 Å². The highest BCUT2D eigenvalue weighted by atomic mass is 16.3. The maximum absolute atomic E-state index is 6.91. The number of benzene rings is 17. The molecule has 0 saturated heterocycles. The van der Waals surface area contributed by atoms with Crippen LogP contribution in [0.2, 0.25) is 0 Å². The van der Waals surface area contributed by atoms with Gasteiger partial charge in [-0.15, -0.1) is 0 Å². The predicted octanol–water partition coefficient (Wildman–Crippen LogP) is 28.5. The average molecular weight is 1330 g/mol. The van der Waals surface area contributed by atoms with Crippen LogP contribution < -0.4 is 9.80 Å². The molecule has 4 aromatic heterocycles. The standard InChI is InChI=1S/C98H60N2O4/c1-2-18-67-57-68(44-41-61(67)17-1)65-49-54-74(55-50-65)100(86-29-16-36-93-98(86)81-23-7-12-32-89(81)103-93)84-27-9-4-20-76(84)78-25-14-34-91-96(78)82-56-51-71(60-94(82)104-91)70-46-43-66-42-45-69(58-72(66)59-70)64-39-37-62(38-40-64)63-47-52-73(53-48-63)99(85-28-15-35-92-97(85)80-22-6-11-31-88(80)102-92)83-26-8-3-19-75(83)77-24-13-33-90-95(77)79-21-5-10-30-87(79)101-90/h1-60H. The number of hydrogen-bond donors (Lipinski definition) is 0. The maximum atomic E-state index is 6.91. The second kappa shape index (κ2) is 23.9. The fourth-order valence-corrected chi connectivity index (χ4v) is 16.2. The monoisotopic (exact) mass is 1330 g/mol. The summed E-state index contributed by atoms with van der Waals surface area (Å²) >= 11 is 0. The lowest BCUT2D eigenvalue weighted by atomic mass is 9.94. The molecule has 0 bridgehead atoms. The molecule has 0 amide bonds. The molecule has 0 atom stereocenters. The SMILES string of the molecule is c1ccc(N(c2ccc(-c3ccc(-c4ccc5ccc(-c6ccc7c(c6)oc6cccc(-c8ccccc8N(c8ccc(-c9ccc%10ccccc%10c9)cc8)c8cccc9oc%10ccccc%10c89)c67)cc5c4)cc3)cc2)c2cccc3oc4ccccc4c23)c(-c2cccc3oc4ccccc4c23)c1. The molecule has 4 heterocycles. The molecule has 6 heteroatoms. The van der Waals surface area contributed by atoms with Gasteiger partial charge in [0.25, 0.3) is 0 Å². The quantitative estimate of drug-likeness (QED) is 0.121. The number of fused-ring (bicyclic) bond motifs is 14. The molecule has 0 aliphatic carbocycles. The Morgan fingerprint density at radius 2 is 0.462 bits per heavy atom. The number of rotatable bonds is 12. The van der Waals surface area contributed by atoms with Crippen molar-refractivity contribution in [3.05, 3.63) is 364 Å². The fourth-order valence-electron chi connectivity index (χ4n) is 16.2. The Labute approximate surface area is 598 Å². The van der Waals surface area contributed by atoms with Gasteiger partial charge >= 0.3 is 0 Å². The Hall–Kier alpha value is -13.9. The summed E-state index contributed by atoms with van der Waals surface area (Å²) in [6.45, 7) is 0. The summed E-state index contributed by atoms with van der Waals surface area (Å²) < 4.78 is 26.4. The van der Waals surface area contributed by atoms with Crippen LogP contribution in [0.25, 0.3) is 176 Å². The average Bonchev–Trinajstić information content (AvgIpc) is 1.17. The Kier molecular flexibility index (Phi) is 13.5. The number of para-hydroxylation sites is 5. The van der Waals surface area contributed by atoms with Crippen molar-refractivity contribution in [2.75, 3.05) is 9.80 Å². The Bertz CT molecular complexity index is 6990. The van der Waals surface area contributed by atoms with E-state index < -0.39 is 0 Å². The van der Waals surface area contributed by atoms with Crippen molar-refractivity contribution in [2.24, 2.45) is 0 Å². The van der Waals surface area contributed by atoms with Crippen LogP contribution in [0.3, 0.4) is 0 Å². The first-order valence-electron chi connectivity index (χ1n) is 35.3. The van der Waals surface area contributed by atoms with Crippen LogP contribution in [0.4, 0.5) is 34.1 Å². The van der Waals surface area contributed by atoms with Crippen molar-refractivity contribution < 1.29 is 17.7 Å². The lowest BCUT2D eigenvalue weighted by Gasteiger charge is -2.29. The largest absolute Gasteiger partial charge is 0.456 e. The topological polar surface area (TPSA) is 59.0 Å². The highest BCUT2D eigenvalue weighted by molar-refractivity contribution is 6.19. The first-order valence-corrected chi connectivity index (χ1v) is 35.3. The summed E-state index contributed by atoms with van der Waals surface area (Å²) in [7, 11) is 0. The Balaban J connectivity index is 0.600. The van der Waals surface area contributed by atoms with E-state index in [0.29, 0.717) is 0 Å². The molecule has 0 spiro atoms. The van der Waals surface area contributed by atoms with Gasteiger partial charge < -0.3 is 27.5 Å². The molecule has 0 fully saturated rings. The molecule has 0 aliphatic heterocycles. The Morgan fingerprint density at radius 3 is 0.962 bits per heavy atom. The number of hydrogen-bond acceptors (Lipinski definition) is 6. The zero-order chi connectivity index (χ0) is 68.3. The van der Waals surface area contributed by atoms with Crippen LogP contribution in [0.5, 0.6) is 0 Å². The van der Waals surface area contributed by atoms with E-state index in [1.165, 1.54) is 21.7 Å².